The summed E-state index contributed by atoms with van der Waals surface area (Å²) in [5.41, 5.74) is 1.73. The van der Waals surface area contributed by atoms with Crippen LogP contribution in [0.2, 0.25) is 5.02 Å². The third kappa shape index (κ3) is 3.21. The highest BCUT2D eigenvalue weighted by Gasteiger charge is 2.09. The number of pyridine rings is 1. The number of aliphatic hydroxyl groups is 1. The fraction of sp³-hybridized carbons (Fsp3) is 0.267. The summed E-state index contributed by atoms with van der Waals surface area (Å²) in [7, 11) is 1.59. The molecule has 0 saturated carbocycles. The van der Waals surface area contributed by atoms with E-state index in [1.165, 1.54) is 6.20 Å². The number of aromatic nitrogens is 1. The van der Waals surface area contributed by atoms with E-state index in [0.717, 1.165) is 12.0 Å². The molecule has 106 valence electrons. The Bertz CT molecular complexity index is 602. The molecule has 1 aromatic carbocycles. The van der Waals surface area contributed by atoms with Crippen LogP contribution in [-0.4, -0.2) is 17.2 Å². The van der Waals surface area contributed by atoms with Gasteiger partial charge < -0.3 is 14.6 Å². The van der Waals surface area contributed by atoms with Gasteiger partial charge in [0.1, 0.15) is 0 Å². The van der Waals surface area contributed by atoms with Crippen molar-refractivity contribution in [3.8, 4) is 17.4 Å². The molecule has 1 N–H and O–H groups in total. The fourth-order valence-corrected chi connectivity index (χ4v) is 1.93. The Kier molecular flexibility index (Phi) is 4.82. The van der Waals surface area contributed by atoms with Crippen LogP contribution in [0.15, 0.2) is 30.5 Å². The Hall–Kier alpha value is -1.78. The maximum atomic E-state index is 9.19. The fourth-order valence-electron chi connectivity index (χ4n) is 1.76. The van der Waals surface area contributed by atoms with Crippen molar-refractivity contribution in [2.45, 2.75) is 20.0 Å². The molecule has 0 radical (unpaired) electrons. The van der Waals surface area contributed by atoms with Crippen molar-refractivity contribution >= 4 is 11.6 Å². The highest BCUT2D eigenvalue weighted by Crippen LogP contribution is 2.32. The molecule has 0 aliphatic rings. The molecular formula is C15H16ClNO3. The third-order valence-electron chi connectivity index (χ3n) is 2.93. The monoisotopic (exact) mass is 293 g/mol. The van der Waals surface area contributed by atoms with E-state index in [-0.39, 0.29) is 6.61 Å². The third-order valence-corrected chi connectivity index (χ3v) is 3.27. The molecule has 0 saturated heterocycles. The predicted molar refractivity (Wildman–Crippen MR) is 77.6 cm³/mol. The van der Waals surface area contributed by atoms with Crippen LogP contribution in [0.4, 0.5) is 0 Å². The van der Waals surface area contributed by atoms with E-state index in [9.17, 15) is 5.11 Å². The van der Waals surface area contributed by atoms with Gasteiger partial charge in [0.15, 0.2) is 11.5 Å². The first-order valence-corrected chi connectivity index (χ1v) is 6.65. The number of methoxy groups -OCH3 is 1. The van der Waals surface area contributed by atoms with Crippen molar-refractivity contribution in [2.75, 3.05) is 7.11 Å². The second kappa shape index (κ2) is 6.59. The van der Waals surface area contributed by atoms with Crippen LogP contribution in [0, 0.1) is 0 Å². The van der Waals surface area contributed by atoms with Crippen molar-refractivity contribution in [3.05, 3.63) is 46.6 Å². The summed E-state index contributed by atoms with van der Waals surface area (Å²) in [4.78, 5) is 4.08. The number of ether oxygens (including phenoxy) is 2. The number of hydrogen-bond donors (Lipinski definition) is 1. The Labute approximate surface area is 122 Å². The van der Waals surface area contributed by atoms with Gasteiger partial charge in [0, 0.05) is 17.8 Å². The van der Waals surface area contributed by atoms with Crippen molar-refractivity contribution in [2.24, 2.45) is 0 Å². The van der Waals surface area contributed by atoms with Crippen LogP contribution in [0.1, 0.15) is 18.1 Å². The number of halogens is 1. The maximum absolute atomic E-state index is 9.19. The van der Waals surface area contributed by atoms with E-state index in [1.54, 1.807) is 13.2 Å². The molecule has 0 aliphatic carbocycles. The summed E-state index contributed by atoms with van der Waals surface area (Å²) in [6.07, 6.45) is 2.37. The highest BCUT2D eigenvalue weighted by atomic mass is 35.5. The van der Waals surface area contributed by atoms with E-state index in [4.69, 9.17) is 21.1 Å². The van der Waals surface area contributed by atoms with Gasteiger partial charge in [-0.1, -0.05) is 24.6 Å². The second-order valence-corrected chi connectivity index (χ2v) is 4.62. The minimum absolute atomic E-state index is 0.163. The minimum atomic E-state index is -0.163. The number of rotatable bonds is 5. The van der Waals surface area contributed by atoms with E-state index >= 15 is 0 Å². The van der Waals surface area contributed by atoms with Crippen molar-refractivity contribution in [3.63, 3.8) is 0 Å². The van der Waals surface area contributed by atoms with Crippen LogP contribution >= 0.6 is 11.6 Å². The maximum Gasteiger partial charge on any atom is 0.219 e. The average molecular weight is 294 g/mol. The summed E-state index contributed by atoms with van der Waals surface area (Å²) in [6, 6.07) is 7.35. The smallest absolute Gasteiger partial charge is 0.219 e. The van der Waals surface area contributed by atoms with Gasteiger partial charge in [0.25, 0.3) is 0 Å². The van der Waals surface area contributed by atoms with Gasteiger partial charge in [-0.25, -0.2) is 4.98 Å². The molecule has 1 heterocycles. The quantitative estimate of drug-likeness (QED) is 0.915. The van der Waals surface area contributed by atoms with Crippen LogP contribution in [0.25, 0.3) is 0 Å². The molecular weight excluding hydrogens is 278 g/mol. The zero-order chi connectivity index (χ0) is 14.5. The molecule has 0 atom stereocenters. The van der Waals surface area contributed by atoms with Gasteiger partial charge in [0.2, 0.25) is 5.88 Å². The van der Waals surface area contributed by atoms with Crippen LogP contribution in [0.5, 0.6) is 17.4 Å². The van der Waals surface area contributed by atoms with Gasteiger partial charge >= 0.3 is 0 Å². The first kappa shape index (κ1) is 14.6. The van der Waals surface area contributed by atoms with Gasteiger partial charge in [-0.2, -0.15) is 0 Å². The largest absolute Gasteiger partial charge is 0.493 e. The Morgan fingerprint density at radius 3 is 2.70 bits per heavy atom. The zero-order valence-electron chi connectivity index (χ0n) is 11.4. The molecule has 0 fully saturated rings. The topological polar surface area (TPSA) is 51.6 Å². The van der Waals surface area contributed by atoms with Gasteiger partial charge in [-0.05, 0) is 24.1 Å². The van der Waals surface area contributed by atoms with Gasteiger partial charge in [0.05, 0.1) is 18.7 Å². The predicted octanol–water partition coefficient (Wildman–Crippen LogP) is 3.59. The lowest BCUT2D eigenvalue weighted by atomic mass is 10.1. The molecule has 0 spiro atoms. The van der Waals surface area contributed by atoms with Gasteiger partial charge in [-0.15, -0.1) is 0 Å². The van der Waals surface area contributed by atoms with Crippen LogP contribution in [0.3, 0.4) is 0 Å². The first-order valence-electron chi connectivity index (χ1n) is 6.28. The van der Waals surface area contributed by atoms with E-state index in [1.807, 2.05) is 18.2 Å². The lowest BCUT2D eigenvalue weighted by Gasteiger charge is -2.11. The van der Waals surface area contributed by atoms with Crippen LogP contribution < -0.4 is 9.47 Å². The molecule has 4 nitrogen and oxygen atoms in total. The number of benzene rings is 1. The van der Waals surface area contributed by atoms with Gasteiger partial charge in [-0.3, -0.25) is 0 Å². The summed E-state index contributed by atoms with van der Waals surface area (Å²) in [6.45, 7) is 1.91. The number of aryl methyl sites for hydroxylation is 1. The second-order valence-electron chi connectivity index (χ2n) is 4.21. The lowest BCUT2D eigenvalue weighted by Crippen LogP contribution is -1.95. The number of hydrogen-bond acceptors (Lipinski definition) is 4. The highest BCUT2D eigenvalue weighted by molar-refractivity contribution is 6.31. The molecule has 2 rings (SSSR count). The molecule has 0 amide bonds. The molecule has 0 unspecified atom stereocenters. The molecule has 1 aromatic heterocycles. The normalized spacial score (nSPS) is 10.4. The standard InChI is InChI=1S/C15H16ClNO3/c1-3-10-4-5-13(14(6-10)19-2)20-15-7-11(9-18)12(16)8-17-15/h4-8,18H,3,9H2,1-2H3. The van der Waals surface area contributed by atoms with E-state index in [0.29, 0.717) is 28.0 Å². The van der Waals surface area contributed by atoms with Crippen molar-refractivity contribution in [1.29, 1.82) is 0 Å². The summed E-state index contributed by atoms with van der Waals surface area (Å²) < 4.78 is 11.0. The first-order chi connectivity index (χ1) is 9.67. The molecule has 5 heteroatoms. The van der Waals surface area contributed by atoms with Crippen molar-refractivity contribution in [1.82, 2.24) is 4.98 Å². The molecule has 20 heavy (non-hydrogen) atoms. The summed E-state index contributed by atoms with van der Waals surface area (Å²) in [5.74, 6) is 1.58. The molecule has 2 aromatic rings. The molecule has 0 bridgehead atoms. The number of nitrogens with zero attached hydrogens (tertiary/aromatic N) is 1. The zero-order valence-corrected chi connectivity index (χ0v) is 12.1. The lowest BCUT2D eigenvalue weighted by molar-refractivity contribution is 0.281. The van der Waals surface area contributed by atoms with Crippen LogP contribution in [-0.2, 0) is 13.0 Å². The Balaban J connectivity index is 2.29. The molecule has 0 aliphatic heterocycles. The van der Waals surface area contributed by atoms with E-state index < -0.39 is 0 Å². The average Bonchev–Trinajstić information content (AvgIpc) is 2.49. The summed E-state index contributed by atoms with van der Waals surface area (Å²) in [5, 5.41) is 9.60. The SMILES string of the molecule is CCc1ccc(Oc2cc(CO)c(Cl)cn2)c(OC)c1. The number of aliphatic hydroxyl groups excluding tert-OH is 1. The Morgan fingerprint density at radius 1 is 1.25 bits per heavy atom. The van der Waals surface area contributed by atoms with Crippen molar-refractivity contribution < 1.29 is 14.6 Å². The van der Waals surface area contributed by atoms with E-state index in [2.05, 4.69) is 11.9 Å². The Morgan fingerprint density at radius 2 is 2.05 bits per heavy atom. The minimum Gasteiger partial charge on any atom is -0.493 e. The summed E-state index contributed by atoms with van der Waals surface area (Å²) >= 11 is 5.89.